The fourth-order valence-electron chi connectivity index (χ4n) is 2.22. The Bertz CT molecular complexity index is 745. The van der Waals surface area contributed by atoms with Gasteiger partial charge in [0.15, 0.2) is 17.8 Å². The summed E-state index contributed by atoms with van der Waals surface area (Å²) < 4.78 is 23.1. The molecular formula is C10H14N6O5P-. The van der Waals surface area contributed by atoms with Gasteiger partial charge in [-0.05, 0) is 0 Å². The molecule has 0 bridgehead atoms. The van der Waals surface area contributed by atoms with E-state index in [0.717, 1.165) is 0 Å². The lowest BCUT2D eigenvalue weighted by Crippen LogP contribution is -2.22. The van der Waals surface area contributed by atoms with Crippen LogP contribution in [-0.2, 0) is 20.6 Å². The van der Waals surface area contributed by atoms with E-state index in [1.54, 1.807) is 4.57 Å². The molecular weight excluding hydrogens is 315 g/mol. The van der Waals surface area contributed by atoms with Crippen molar-refractivity contribution < 1.29 is 23.8 Å². The number of nitrogen functional groups attached to an aromatic ring is 2. The van der Waals surface area contributed by atoms with E-state index >= 15 is 0 Å². The minimum atomic E-state index is -4.44. The van der Waals surface area contributed by atoms with Gasteiger partial charge < -0.3 is 39.9 Å². The SMILES string of the molecule is Nc1nc(N)c2ncn(CC3COC(CP(=O)([O-])O)O3)c2n1. The zero-order valence-corrected chi connectivity index (χ0v) is 12.2. The predicted molar refractivity (Wildman–Crippen MR) is 73.5 cm³/mol. The Morgan fingerprint density at radius 3 is 3.00 bits per heavy atom. The predicted octanol–water partition coefficient (Wildman–Crippen LogP) is -1.72. The Labute approximate surface area is 124 Å². The van der Waals surface area contributed by atoms with Crippen LogP contribution in [0.2, 0.25) is 0 Å². The summed E-state index contributed by atoms with van der Waals surface area (Å²) in [6.07, 6.45) is -0.476. The third-order valence-electron chi connectivity index (χ3n) is 3.10. The third-order valence-corrected chi connectivity index (χ3v) is 3.86. The number of nitrogens with two attached hydrogens (primary N) is 2. The normalized spacial score (nSPS) is 24.6. The van der Waals surface area contributed by atoms with Gasteiger partial charge in [-0.2, -0.15) is 9.97 Å². The van der Waals surface area contributed by atoms with Crippen molar-refractivity contribution in [1.82, 2.24) is 19.5 Å². The molecule has 1 saturated heterocycles. The number of hydrogen-bond acceptors (Lipinski definition) is 9. The van der Waals surface area contributed by atoms with Crippen molar-refractivity contribution in [2.75, 3.05) is 24.2 Å². The number of hydrogen-bond donors (Lipinski definition) is 3. The van der Waals surface area contributed by atoms with E-state index in [1.807, 2.05) is 0 Å². The summed E-state index contributed by atoms with van der Waals surface area (Å²) in [5.74, 6) is 0.205. The molecule has 0 saturated carbocycles. The minimum absolute atomic E-state index is 0.0285. The second-order valence-electron chi connectivity index (χ2n) is 4.88. The van der Waals surface area contributed by atoms with Gasteiger partial charge in [-0.15, -0.1) is 0 Å². The number of nitrogens with zero attached hydrogens (tertiary/aromatic N) is 4. The Hall–Kier alpha value is -1.78. The summed E-state index contributed by atoms with van der Waals surface area (Å²) in [4.78, 5) is 31.6. The van der Waals surface area contributed by atoms with Crippen molar-refractivity contribution in [1.29, 1.82) is 0 Å². The first kappa shape index (κ1) is 15.1. The molecule has 1 aliphatic rings. The van der Waals surface area contributed by atoms with Crippen LogP contribution >= 0.6 is 7.60 Å². The molecule has 1 fully saturated rings. The smallest absolute Gasteiger partial charge is 0.224 e. The fraction of sp³-hybridized carbons (Fsp3) is 0.500. The van der Waals surface area contributed by atoms with E-state index in [4.69, 9.17) is 25.8 Å². The minimum Gasteiger partial charge on any atom is -0.778 e. The summed E-state index contributed by atoms with van der Waals surface area (Å²) in [5.41, 5.74) is 12.1. The number of aromatic nitrogens is 4. The van der Waals surface area contributed by atoms with E-state index < -0.39 is 26.2 Å². The van der Waals surface area contributed by atoms with E-state index in [-0.39, 0.29) is 18.4 Å². The molecule has 0 aromatic carbocycles. The van der Waals surface area contributed by atoms with Crippen LogP contribution in [0.15, 0.2) is 6.33 Å². The lowest BCUT2D eigenvalue weighted by Gasteiger charge is -2.19. The fourth-order valence-corrected chi connectivity index (χ4v) is 2.79. The van der Waals surface area contributed by atoms with Crippen molar-refractivity contribution >= 4 is 30.5 Å². The highest BCUT2D eigenvalue weighted by atomic mass is 31.2. The van der Waals surface area contributed by atoms with Crippen LogP contribution < -0.4 is 16.4 Å². The maximum absolute atomic E-state index is 10.8. The molecule has 120 valence electrons. The van der Waals surface area contributed by atoms with E-state index in [9.17, 15) is 9.46 Å². The summed E-state index contributed by atoms with van der Waals surface area (Å²) in [6, 6.07) is 0. The molecule has 0 aliphatic carbocycles. The molecule has 0 spiro atoms. The maximum Gasteiger partial charge on any atom is 0.224 e. The Morgan fingerprint density at radius 1 is 1.50 bits per heavy atom. The molecule has 3 unspecified atom stereocenters. The highest BCUT2D eigenvalue weighted by Crippen LogP contribution is 2.33. The number of fused-ring (bicyclic) bond motifs is 1. The van der Waals surface area contributed by atoms with Crippen molar-refractivity contribution in [2.45, 2.75) is 18.9 Å². The zero-order chi connectivity index (χ0) is 15.9. The van der Waals surface area contributed by atoms with Gasteiger partial charge in [0.2, 0.25) is 5.95 Å². The molecule has 3 rings (SSSR count). The van der Waals surface area contributed by atoms with Crippen molar-refractivity contribution in [3.63, 3.8) is 0 Å². The van der Waals surface area contributed by atoms with Gasteiger partial charge in [-0.3, -0.25) is 0 Å². The number of rotatable bonds is 4. The van der Waals surface area contributed by atoms with Crippen LogP contribution in [0, 0.1) is 0 Å². The number of imidazole rings is 1. The van der Waals surface area contributed by atoms with Gasteiger partial charge in [0.05, 0.1) is 25.6 Å². The van der Waals surface area contributed by atoms with E-state index in [0.29, 0.717) is 17.7 Å². The second kappa shape index (κ2) is 5.45. The first-order valence-corrected chi connectivity index (χ1v) is 8.12. The quantitative estimate of drug-likeness (QED) is 0.547. The Kier molecular flexibility index (Phi) is 3.75. The van der Waals surface area contributed by atoms with Gasteiger partial charge in [0, 0.05) is 0 Å². The van der Waals surface area contributed by atoms with Crippen LogP contribution in [0.1, 0.15) is 0 Å². The van der Waals surface area contributed by atoms with Gasteiger partial charge >= 0.3 is 0 Å². The van der Waals surface area contributed by atoms with Crippen LogP contribution in [0.4, 0.5) is 11.8 Å². The van der Waals surface area contributed by atoms with Gasteiger partial charge in [0.1, 0.15) is 19.2 Å². The Balaban J connectivity index is 1.74. The van der Waals surface area contributed by atoms with Crippen molar-refractivity contribution in [2.24, 2.45) is 0 Å². The largest absolute Gasteiger partial charge is 0.778 e. The standard InChI is InChI=1S/C10H15N6O5P/c11-8-7-9(15-10(12)14-8)16(4-13-7)1-5-2-20-6(21-5)3-22(17,18)19/h4-6H,1-3H2,(H2,17,18,19)(H4,11,12,14,15)/p-1. The summed E-state index contributed by atoms with van der Waals surface area (Å²) in [6.45, 7) is 0.498. The summed E-state index contributed by atoms with van der Waals surface area (Å²) in [5, 5.41) is 0. The highest BCUT2D eigenvalue weighted by Gasteiger charge is 2.29. The lowest BCUT2D eigenvalue weighted by atomic mass is 10.4. The summed E-state index contributed by atoms with van der Waals surface area (Å²) in [7, 11) is -4.44. The first-order valence-electron chi connectivity index (χ1n) is 6.35. The van der Waals surface area contributed by atoms with Crippen LogP contribution in [0.3, 0.4) is 0 Å². The molecule has 3 atom stereocenters. The maximum atomic E-state index is 10.8. The molecule has 11 nitrogen and oxygen atoms in total. The van der Waals surface area contributed by atoms with Crippen LogP contribution in [-0.4, -0.2) is 49.6 Å². The van der Waals surface area contributed by atoms with Crippen molar-refractivity contribution in [3.05, 3.63) is 6.33 Å². The van der Waals surface area contributed by atoms with Gasteiger partial charge in [-0.1, -0.05) is 0 Å². The molecule has 22 heavy (non-hydrogen) atoms. The average molecular weight is 329 g/mol. The molecule has 5 N–H and O–H groups in total. The highest BCUT2D eigenvalue weighted by molar-refractivity contribution is 7.50. The number of ether oxygens (including phenoxy) is 2. The molecule has 0 radical (unpaired) electrons. The molecule has 2 aromatic heterocycles. The van der Waals surface area contributed by atoms with Gasteiger partial charge in [0.25, 0.3) is 0 Å². The first-order chi connectivity index (χ1) is 10.3. The Morgan fingerprint density at radius 2 is 2.27 bits per heavy atom. The third kappa shape index (κ3) is 3.18. The molecule has 3 heterocycles. The van der Waals surface area contributed by atoms with E-state index in [2.05, 4.69) is 15.0 Å². The second-order valence-corrected chi connectivity index (χ2v) is 6.52. The zero-order valence-electron chi connectivity index (χ0n) is 11.3. The average Bonchev–Trinajstić information content (AvgIpc) is 2.96. The molecule has 1 aliphatic heterocycles. The molecule has 2 aromatic rings. The lowest BCUT2D eigenvalue weighted by molar-refractivity contribution is -0.197. The van der Waals surface area contributed by atoms with Crippen LogP contribution in [0.25, 0.3) is 11.2 Å². The molecule has 12 heteroatoms. The van der Waals surface area contributed by atoms with Gasteiger partial charge in [-0.25, -0.2) is 4.98 Å². The molecule has 0 amide bonds. The topological polar surface area (TPSA) is 174 Å². The number of anilines is 2. The summed E-state index contributed by atoms with van der Waals surface area (Å²) >= 11 is 0. The van der Waals surface area contributed by atoms with Crippen molar-refractivity contribution in [3.8, 4) is 0 Å². The monoisotopic (exact) mass is 329 g/mol. The van der Waals surface area contributed by atoms with E-state index in [1.165, 1.54) is 6.33 Å². The van der Waals surface area contributed by atoms with Crippen LogP contribution in [0.5, 0.6) is 0 Å².